The number of methoxy groups -OCH3 is 1. The fraction of sp³-hybridized carbons (Fsp3) is 0.188. The van der Waals surface area contributed by atoms with Crippen LogP contribution in [-0.2, 0) is 0 Å². The van der Waals surface area contributed by atoms with Crippen LogP contribution in [0.5, 0.6) is 5.75 Å². The van der Waals surface area contributed by atoms with Gasteiger partial charge in [-0.25, -0.2) is 0 Å². The highest BCUT2D eigenvalue weighted by molar-refractivity contribution is 7.80. The first kappa shape index (κ1) is 14.3. The summed E-state index contributed by atoms with van der Waals surface area (Å²) in [6, 6.07) is 13.9. The zero-order valence-corrected chi connectivity index (χ0v) is 12.7. The molecular weight excluding hydrogens is 268 g/mol. The molecule has 4 heteroatoms. The Hall–Kier alpha value is -2.07. The minimum Gasteiger partial charge on any atom is -0.495 e. The van der Waals surface area contributed by atoms with Crippen molar-refractivity contribution >= 4 is 28.7 Å². The third kappa shape index (κ3) is 3.48. The van der Waals surface area contributed by atoms with Crippen LogP contribution in [0.3, 0.4) is 0 Å². The van der Waals surface area contributed by atoms with E-state index in [0.29, 0.717) is 5.11 Å². The van der Waals surface area contributed by atoms with Crippen LogP contribution in [0.1, 0.15) is 11.1 Å². The Bertz CT molecular complexity index is 626. The third-order valence-corrected chi connectivity index (χ3v) is 3.20. The quantitative estimate of drug-likeness (QED) is 0.832. The molecule has 0 aliphatic carbocycles. The summed E-state index contributed by atoms with van der Waals surface area (Å²) in [7, 11) is 1.64. The molecule has 0 aliphatic rings. The van der Waals surface area contributed by atoms with Crippen LogP contribution < -0.4 is 15.4 Å². The van der Waals surface area contributed by atoms with Gasteiger partial charge in [0.15, 0.2) is 5.11 Å². The molecule has 0 aromatic heterocycles. The van der Waals surface area contributed by atoms with E-state index in [-0.39, 0.29) is 0 Å². The lowest BCUT2D eigenvalue weighted by molar-refractivity contribution is 0.417. The molecule has 2 aromatic rings. The van der Waals surface area contributed by atoms with Crippen molar-refractivity contribution in [3.63, 3.8) is 0 Å². The maximum Gasteiger partial charge on any atom is 0.175 e. The summed E-state index contributed by atoms with van der Waals surface area (Å²) in [5, 5.41) is 6.91. The molecule has 3 nitrogen and oxygen atoms in total. The number of hydrogen-bond donors (Lipinski definition) is 2. The molecule has 0 spiro atoms. The summed E-state index contributed by atoms with van der Waals surface area (Å²) in [6.45, 7) is 4.11. The summed E-state index contributed by atoms with van der Waals surface area (Å²) < 4.78 is 5.29. The predicted molar refractivity (Wildman–Crippen MR) is 88.8 cm³/mol. The average Bonchev–Trinajstić information content (AvgIpc) is 2.43. The van der Waals surface area contributed by atoms with Gasteiger partial charge >= 0.3 is 0 Å². The molecule has 0 saturated carbocycles. The minimum atomic E-state index is 0.545. The van der Waals surface area contributed by atoms with Crippen LogP contribution in [0.15, 0.2) is 42.5 Å². The highest BCUT2D eigenvalue weighted by Gasteiger charge is 2.05. The lowest BCUT2D eigenvalue weighted by Gasteiger charge is -2.15. The predicted octanol–water partition coefficient (Wildman–Crippen LogP) is 4.12. The SMILES string of the molecule is COc1ccccc1NC(=S)Nc1cc(C)ccc1C. The monoisotopic (exact) mass is 286 g/mol. The van der Waals surface area contributed by atoms with Crippen LogP contribution in [0.4, 0.5) is 11.4 Å². The van der Waals surface area contributed by atoms with Gasteiger partial charge < -0.3 is 15.4 Å². The highest BCUT2D eigenvalue weighted by Crippen LogP contribution is 2.23. The fourth-order valence-electron chi connectivity index (χ4n) is 1.89. The zero-order valence-electron chi connectivity index (χ0n) is 11.9. The first-order valence-electron chi connectivity index (χ1n) is 6.38. The van der Waals surface area contributed by atoms with Crippen LogP contribution in [-0.4, -0.2) is 12.2 Å². The van der Waals surface area contributed by atoms with E-state index in [2.05, 4.69) is 35.8 Å². The van der Waals surface area contributed by atoms with Crippen molar-refractivity contribution in [3.05, 3.63) is 53.6 Å². The van der Waals surface area contributed by atoms with E-state index in [9.17, 15) is 0 Å². The number of nitrogens with one attached hydrogen (secondary N) is 2. The fourth-order valence-corrected chi connectivity index (χ4v) is 2.11. The van der Waals surface area contributed by atoms with Crippen molar-refractivity contribution in [2.24, 2.45) is 0 Å². The van der Waals surface area contributed by atoms with Crippen molar-refractivity contribution in [1.82, 2.24) is 0 Å². The first-order chi connectivity index (χ1) is 9.60. The van der Waals surface area contributed by atoms with Gasteiger partial charge in [-0.2, -0.15) is 0 Å². The molecule has 2 rings (SSSR count). The van der Waals surface area contributed by atoms with E-state index < -0.39 is 0 Å². The van der Waals surface area contributed by atoms with Gasteiger partial charge in [0, 0.05) is 5.69 Å². The molecule has 0 atom stereocenters. The first-order valence-corrected chi connectivity index (χ1v) is 6.79. The standard InChI is InChI=1S/C16H18N2OS/c1-11-8-9-12(2)14(10-11)18-16(20)17-13-6-4-5-7-15(13)19-3/h4-10H,1-3H3,(H2,17,18,20). The lowest BCUT2D eigenvalue weighted by Crippen LogP contribution is -2.20. The molecule has 0 unspecified atom stereocenters. The highest BCUT2D eigenvalue weighted by atomic mass is 32.1. The minimum absolute atomic E-state index is 0.545. The molecule has 0 saturated heterocycles. The van der Waals surface area contributed by atoms with E-state index in [1.807, 2.05) is 31.2 Å². The van der Waals surface area contributed by atoms with Crippen molar-refractivity contribution in [2.45, 2.75) is 13.8 Å². The molecule has 0 aliphatic heterocycles. The molecule has 0 heterocycles. The molecular formula is C16H18N2OS. The summed E-state index contributed by atoms with van der Waals surface area (Å²) in [5.41, 5.74) is 4.20. The maximum atomic E-state index is 5.35. The normalized spacial score (nSPS) is 9.95. The molecule has 0 radical (unpaired) electrons. The summed E-state index contributed by atoms with van der Waals surface area (Å²) >= 11 is 5.35. The van der Waals surface area contributed by atoms with Crippen LogP contribution in [0.25, 0.3) is 0 Å². The summed E-state index contributed by atoms with van der Waals surface area (Å²) in [4.78, 5) is 0. The zero-order chi connectivity index (χ0) is 14.5. The van der Waals surface area contributed by atoms with E-state index >= 15 is 0 Å². The Labute approximate surface area is 125 Å². The Morgan fingerprint density at radius 1 is 1.00 bits per heavy atom. The number of rotatable bonds is 3. The summed E-state index contributed by atoms with van der Waals surface area (Å²) in [6.07, 6.45) is 0. The topological polar surface area (TPSA) is 33.3 Å². The van der Waals surface area contributed by atoms with Crippen molar-refractivity contribution < 1.29 is 4.74 Å². The largest absolute Gasteiger partial charge is 0.495 e. The Morgan fingerprint density at radius 3 is 2.45 bits per heavy atom. The van der Waals surface area contributed by atoms with Crippen molar-refractivity contribution in [2.75, 3.05) is 17.7 Å². The van der Waals surface area contributed by atoms with Gasteiger partial charge in [0.05, 0.1) is 12.8 Å². The Morgan fingerprint density at radius 2 is 1.70 bits per heavy atom. The van der Waals surface area contributed by atoms with Gasteiger partial charge in [0.2, 0.25) is 0 Å². The Balaban J connectivity index is 2.11. The molecule has 0 fully saturated rings. The number of benzene rings is 2. The van der Waals surface area contributed by atoms with Crippen molar-refractivity contribution in [1.29, 1.82) is 0 Å². The van der Waals surface area contributed by atoms with Gasteiger partial charge in [-0.1, -0.05) is 24.3 Å². The van der Waals surface area contributed by atoms with Gasteiger partial charge in [0.1, 0.15) is 5.75 Å². The summed E-state index contributed by atoms with van der Waals surface area (Å²) in [5.74, 6) is 0.762. The number of para-hydroxylation sites is 2. The lowest BCUT2D eigenvalue weighted by atomic mass is 10.1. The van der Waals surface area contributed by atoms with Gasteiger partial charge in [-0.05, 0) is 55.4 Å². The molecule has 0 amide bonds. The van der Waals surface area contributed by atoms with E-state index in [4.69, 9.17) is 17.0 Å². The van der Waals surface area contributed by atoms with Crippen molar-refractivity contribution in [3.8, 4) is 5.75 Å². The molecule has 0 bridgehead atoms. The number of aryl methyl sites for hydroxylation is 2. The smallest absolute Gasteiger partial charge is 0.175 e. The van der Waals surface area contributed by atoms with E-state index in [1.165, 1.54) is 5.56 Å². The average molecular weight is 286 g/mol. The second-order valence-corrected chi connectivity index (χ2v) is 5.01. The van der Waals surface area contributed by atoms with Crippen LogP contribution in [0, 0.1) is 13.8 Å². The second-order valence-electron chi connectivity index (χ2n) is 4.60. The van der Waals surface area contributed by atoms with Gasteiger partial charge in [-0.3, -0.25) is 0 Å². The number of thiocarbonyl (C=S) groups is 1. The Kier molecular flexibility index (Phi) is 4.58. The molecule has 104 valence electrons. The van der Waals surface area contributed by atoms with Gasteiger partial charge in [-0.15, -0.1) is 0 Å². The third-order valence-electron chi connectivity index (χ3n) is 3.00. The second kappa shape index (κ2) is 6.39. The van der Waals surface area contributed by atoms with E-state index in [0.717, 1.165) is 22.7 Å². The molecule has 2 aromatic carbocycles. The van der Waals surface area contributed by atoms with Crippen LogP contribution in [0.2, 0.25) is 0 Å². The number of ether oxygens (including phenoxy) is 1. The molecule has 2 N–H and O–H groups in total. The molecule has 20 heavy (non-hydrogen) atoms. The number of hydrogen-bond acceptors (Lipinski definition) is 2. The van der Waals surface area contributed by atoms with Gasteiger partial charge in [0.25, 0.3) is 0 Å². The van der Waals surface area contributed by atoms with E-state index in [1.54, 1.807) is 7.11 Å². The number of anilines is 2. The van der Waals surface area contributed by atoms with Crippen LogP contribution >= 0.6 is 12.2 Å². The maximum absolute atomic E-state index is 5.35.